The molecular weight excluding hydrogens is 507 g/mol. The monoisotopic (exact) mass is 516 g/mol. The molecule has 3 aromatic rings. The average molecular weight is 518 g/mol. The molecule has 0 aliphatic heterocycles. The number of hydrogen-bond donors (Lipinski definition) is 0. The quantitative estimate of drug-likeness (QED) is 0.321. The molecule has 0 radical (unpaired) electrons. The Labute approximate surface area is 154 Å². The lowest BCUT2D eigenvalue weighted by Crippen LogP contribution is -1.96. The Morgan fingerprint density at radius 1 is 1.10 bits per heavy atom. The summed E-state index contributed by atoms with van der Waals surface area (Å²) in [7, 11) is 0. The summed E-state index contributed by atoms with van der Waals surface area (Å²) in [5.74, 6) is 0. The Kier molecular flexibility index (Phi) is 4.81. The second kappa shape index (κ2) is 6.62. The number of alkyl halides is 1. The van der Waals surface area contributed by atoms with Gasteiger partial charge in [-0.2, -0.15) is 5.10 Å². The molecule has 0 bridgehead atoms. The van der Waals surface area contributed by atoms with Crippen molar-refractivity contribution < 1.29 is 0 Å². The van der Waals surface area contributed by atoms with E-state index in [1.54, 1.807) is 0 Å². The smallest absolute Gasteiger partial charge is 0.0686 e. The minimum absolute atomic E-state index is 0.124. The molecule has 0 saturated carbocycles. The van der Waals surface area contributed by atoms with Crippen LogP contribution in [0.3, 0.4) is 0 Å². The van der Waals surface area contributed by atoms with Crippen LogP contribution in [0.1, 0.15) is 16.0 Å². The van der Waals surface area contributed by atoms with Gasteiger partial charge in [-0.1, -0.05) is 50.1 Å². The summed E-state index contributed by atoms with van der Waals surface area (Å²) in [6, 6.07) is 16.4. The normalized spacial score (nSPS) is 12.3. The van der Waals surface area contributed by atoms with E-state index < -0.39 is 0 Å². The number of hydrogen-bond acceptors (Lipinski definition) is 1. The minimum Gasteiger partial charge on any atom is -0.241 e. The summed E-state index contributed by atoms with van der Waals surface area (Å²) in [6.07, 6.45) is 3.97. The van der Waals surface area contributed by atoms with Crippen molar-refractivity contribution in [3.05, 3.63) is 80.1 Å². The zero-order valence-corrected chi connectivity index (χ0v) is 16.2. The van der Waals surface area contributed by atoms with Gasteiger partial charge in [0, 0.05) is 19.8 Å². The lowest BCUT2D eigenvalue weighted by molar-refractivity contribution is 0.880. The van der Waals surface area contributed by atoms with Gasteiger partial charge in [0.15, 0.2) is 0 Å². The van der Waals surface area contributed by atoms with Crippen molar-refractivity contribution in [2.75, 3.05) is 0 Å². The van der Waals surface area contributed by atoms with Crippen molar-refractivity contribution in [1.29, 1.82) is 0 Å². The Morgan fingerprint density at radius 3 is 2.62 bits per heavy atom. The van der Waals surface area contributed by atoms with Crippen molar-refractivity contribution in [2.24, 2.45) is 0 Å². The first-order valence-corrected chi connectivity index (χ1v) is 9.13. The molecule has 2 aromatic carbocycles. The van der Waals surface area contributed by atoms with E-state index in [-0.39, 0.29) is 4.83 Å². The molecule has 1 atom stereocenters. The molecule has 1 heterocycles. The third kappa shape index (κ3) is 3.40. The van der Waals surface area contributed by atoms with Crippen molar-refractivity contribution in [2.45, 2.75) is 4.83 Å². The average Bonchev–Trinajstić information content (AvgIpc) is 3.00. The molecule has 0 fully saturated rings. The van der Waals surface area contributed by atoms with Crippen LogP contribution in [0.2, 0.25) is 0 Å². The van der Waals surface area contributed by atoms with Crippen LogP contribution in [-0.2, 0) is 0 Å². The summed E-state index contributed by atoms with van der Waals surface area (Å²) in [6.45, 7) is 0. The van der Waals surface area contributed by atoms with Crippen molar-refractivity contribution in [3.8, 4) is 5.69 Å². The summed E-state index contributed by atoms with van der Waals surface area (Å²) >= 11 is 9.68. The van der Waals surface area contributed by atoms with Gasteiger partial charge >= 0.3 is 0 Å². The molecule has 21 heavy (non-hydrogen) atoms. The molecule has 2 nitrogen and oxygen atoms in total. The molecule has 0 aliphatic rings. The molecule has 0 N–H and O–H groups in total. The lowest BCUT2D eigenvalue weighted by Gasteiger charge is -2.11. The van der Waals surface area contributed by atoms with E-state index in [1.807, 2.05) is 41.2 Å². The van der Waals surface area contributed by atoms with Crippen LogP contribution in [0.25, 0.3) is 5.69 Å². The Bertz CT molecular complexity index is 756. The van der Waals surface area contributed by atoms with Gasteiger partial charge in [-0.05, 0) is 58.5 Å². The van der Waals surface area contributed by atoms with Gasteiger partial charge in [0.05, 0.1) is 16.7 Å². The van der Waals surface area contributed by atoms with E-state index in [2.05, 4.69) is 83.9 Å². The van der Waals surface area contributed by atoms with Crippen molar-refractivity contribution in [3.63, 3.8) is 0 Å². The largest absolute Gasteiger partial charge is 0.241 e. The highest BCUT2D eigenvalue weighted by atomic mass is 127. The first-order chi connectivity index (χ1) is 10.1. The van der Waals surface area contributed by atoms with Gasteiger partial charge in [-0.3, -0.25) is 0 Å². The Morgan fingerprint density at radius 2 is 1.86 bits per heavy atom. The topological polar surface area (TPSA) is 17.8 Å². The summed E-state index contributed by atoms with van der Waals surface area (Å²) in [4.78, 5) is 0.124. The van der Waals surface area contributed by atoms with Gasteiger partial charge in [-0.25, -0.2) is 4.68 Å². The van der Waals surface area contributed by atoms with Crippen LogP contribution in [0.5, 0.6) is 0 Å². The maximum atomic E-state index is 4.46. The molecule has 0 amide bonds. The van der Waals surface area contributed by atoms with Gasteiger partial charge in [0.2, 0.25) is 0 Å². The van der Waals surface area contributed by atoms with E-state index in [1.165, 1.54) is 9.13 Å². The first kappa shape index (κ1) is 15.2. The van der Waals surface area contributed by atoms with Gasteiger partial charge in [0.1, 0.15) is 0 Å². The highest BCUT2D eigenvalue weighted by Gasteiger charge is 2.16. The second-order valence-corrected chi connectivity index (χ2v) is 7.58. The van der Waals surface area contributed by atoms with Gasteiger partial charge < -0.3 is 0 Å². The predicted octanol–water partition coefficient (Wildman–Crippen LogP) is 5.72. The van der Waals surface area contributed by atoms with Crippen molar-refractivity contribution in [1.82, 2.24) is 9.78 Å². The summed E-state index contributed by atoms with van der Waals surface area (Å²) in [5, 5.41) is 4.46. The molecular formula is C16H11Br2IN2. The number of benzene rings is 2. The van der Waals surface area contributed by atoms with Crippen LogP contribution in [0.15, 0.2) is 65.4 Å². The Balaban J connectivity index is 1.94. The van der Waals surface area contributed by atoms with Crippen molar-refractivity contribution >= 4 is 54.5 Å². The molecule has 1 unspecified atom stereocenters. The predicted molar refractivity (Wildman–Crippen MR) is 101 cm³/mol. The molecule has 106 valence electrons. The number of rotatable bonds is 3. The highest BCUT2D eigenvalue weighted by molar-refractivity contribution is 14.1. The molecule has 1 aromatic heterocycles. The fourth-order valence-electron chi connectivity index (χ4n) is 2.08. The molecule has 3 rings (SSSR count). The second-order valence-electron chi connectivity index (χ2n) is 4.58. The third-order valence-corrected chi connectivity index (χ3v) is 5.64. The van der Waals surface area contributed by atoms with E-state index in [0.29, 0.717) is 0 Å². The fourth-order valence-corrected chi connectivity index (χ4v) is 4.15. The third-order valence-electron chi connectivity index (χ3n) is 3.15. The van der Waals surface area contributed by atoms with Crippen LogP contribution >= 0.6 is 54.5 Å². The molecule has 0 saturated heterocycles. The number of aromatic nitrogens is 2. The maximum absolute atomic E-state index is 4.46. The highest BCUT2D eigenvalue weighted by Crippen LogP contribution is 2.35. The van der Waals surface area contributed by atoms with E-state index in [9.17, 15) is 0 Å². The van der Waals surface area contributed by atoms with Crippen LogP contribution in [0.4, 0.5) is 0 Å². The number of nitrogens with zero attached hydrogens (tertiary/aromatic N) is 2. The molecule has 5 heteroatoms. The maximum Gasteiger partial charge on any atom is 0.0686 e. The van der Waals surface area contributed by atoms with E-state index in [0.717, 1.165) is 15.7 Å². The minimum atomic E-state index is 0.124. The van der Waals surface area contributed by atoms with Gasteiger partial charge in [0.25, 0.3) is 0 Å². The van der Waals surface area contributed by atoms with E-state index >= 15 is 0 Å². The zero-order valence-electron chi connectivity index (χ0n) is 10.9. The standard InChI is InChI=1S/C16H11Br2IN2/c17-12-6-7-15(19)14(8-12)16(18)11-9-20-21(10-11)13-4-2-1-3-5-13/h1-10,16H. The van der Waals surface area contributed by atoms with Crippen LogP contribution in [-0.4, -0.2) is 9.78 Å². The number of para-hydroxylation sites is 1. The summed E-state index contributed by atoms with van der Waals surface area (Å²) < 4.78 is 4.21. The molecule has 0 spiro atoms. The van der Waals surface area contributed by atoms with E-state index in [4.69, 9.17) is 0 Å². The zero-order chi connectivity index (χ0) is 14.8. The summed E-state index contributed by atoms with van der Waals surface area (Å²) in [5.41, 5.74) is 3.43. The van der Waals surface area contributed by atoms with Crippen LogP contribution in [0, 0.1) is 3.57 Å². The Hall–Kier alpha value is -0.660. The SMILES string of the molecule is Brc1ccc(I)c(C(Br)c2cnn(-c3ccccc3)c2)c1. The first-order valence-electron chi connectivity index (χ1n) is 6.34. The fraction of sp³-hybridized carbons (Fsp3) is 0.0625. The lowest BCUT2D eigenvalue weighted by atomic mass is 10.1. The van der Waals surface area contributed by atoms with Gasteiger partial charge in [-0.15, -0.1) is 0 Å². The number of halogens is 3. The van der Waals surface area contributed by atoms with Crippen LogP contribution < -0.4 is 0 Å². The molecule has 0 aliphatic carbocycles.